The number of aromatic amines is 1. The molecule has 1 saturated heterocycles. The van der Waals surface area contributed by atoms with E-state index in [9.17, 15) is 16.8 Å². The van der Waals surface area contributed by atoms with E-state index in [-0.39, 0.29) is 23.5 Å². The third kappa shape index (κ3) is 5.79. The number of tetrazole rings is 1. The molecule has 2 aromatic heterocycles. The van der Waals surface area contributed by atoms with Gasteiger partial charge in [-0.15, -0.1) is 10.2 Å². The fourth-order valence-electron chi connectivity index (χ4n) is 3.59. The molecule has 4 rings (SSSR count). The highest BCUT2D eigenvalue weighted by Crippen LogP contribution is 2.39. The summed E-state index contributed by atoms with van der Waals surface area (Å²) >= 11 is 0. The predicted molar refractivity (Wildman–Crippen MR) is 127 cm³/mol. The molecule has 1 aromatic carbocycles. The molecular weight excluding hydrogens is 526 g/mol. The Hall–Kier alpha value is -3.82. The number of pyridine rings is 1. The SMILES string of the molecule is CC(=O)[O-].[C-]#[N+]C1(c2ccc(-c3ccc(S(=O)(=O)CCN)c(S(N)(=O)=O)c3-c3nn[nH]n3)cn2)CNC1. The number of nitrogens with zero attached hydrogens (tertiary/aromatic N) is 5. The molecule has 0 unspecified atom stereocenters. The first-order chi connectivity index (χ1) is 17.4. The quantitative estimate of drug-likeness (QED) is 0.229. The molecule has 1 fully saturated rings. The minimum absolute atomic E-state index is 0.135. The predicted octanol–water partition coefficient (Wildman–Crippen LogP) is -2.22. The zero-order valence-corrected chi connectivity index (χ0v) is 21.0. The summed E-state index contributed by atoms with van der Waals surface area (Å²) in [6.45, 7) is 9.18. The van der Waals surface area contributed by atoms with Crippen molar-refractivity contribution in [1.82, 2.24) is 30.9 Å². The highest BCUT2D eigenvalue weighted by molar-refractivity contribution is 7.93. The van der Waals surface area contributed by atoms with Crippen molar-refractivity contribution in [3.63, 3.8) is 0 Å². The van der Waals surface area contributed by atoms with E-state index in [1.165, 1.54) is 12.3 Å². The number of sulfone groups is 1. The van der Waals surface area contributed by atoms with E-state index >= 15 is 0 Å². The number of benzene rings is 1. The van der Waals surface area contributed by atoms with Gasteiger partial charge in [-0.1, -0.05) is 12.1 Å². The van der Waals surface area contributed by atoms with E-state index in [0.717, 1.165) is 13.0 Å². The van der Waals surface area contributed by atoms with Crippen LogP contribution < -0.4 is 21.3 Å². The smallest absolute Gasteiger partial charge is 0.298 e. The van der Waals surface area contributed by atoms with E-state index in [1.807, 2.05) is 0 Å². The Balaban J connectivity index is 0.000000886. The van der Waals surface area contributed by atoms with Crippen LogP contribution >= 0.6 is 0 Å². The van der Waals surface area contributed by atoms with Crippen LogP contribution in [0.1, 0.15) is 12.6 Å². The number of rotatable bonds is 7. The van der Waals surface area contributed by atoms with Crippen LogP contribution in [0.2, 0.25) is 0 Å². The van der Waals surface area contributed by atoms with Crippen LogP contribution in [0.3, 0.4) is 0 Å². The average Bonchev–Trinajstić information content (AvgIpc) is 3.32. The number of aliphatic carboxylic acids is 1. The van der Waals surface area contributed by atoms with Gasteiger partial charge in [-0.2, -0.15) is 5.21 Å². The topological polar surface area (TPSA) is 244 Å². The van der Waals surface area contributed by atoms with Crippen molar-refractivity contribution in [2.45, 2.75) is 22.3 Å². The number of nitrogens with two attached hydrogens (primary N) is 2. The summed E-state index contributed by atoms with van der Waals surface area (Å²) in [5, 5.41) is 30.8. The summed E-state index contributed by atoms with van der Waals surface area (Å²) in [5.41, 5.74) is 5.81. The third-order valence-corrected chi connectivity index (χ3v) is 8.20. The fraction of sp³-hybridized carbons (Fsp3) is 0.300. The summed E-state index contributed by atoms with van der Waals surface area (Å²) in [6.07, 6.45) is 1.47. The number of hydrogen-bond acceptors (Lipinski definition) is 12. The molecule has 37 heavy (non-hydrogen) atoms. The molecule has 15 nitrogen and oxygen atoms in total. The second kappa shape index (κ2) is 10.7. The Kier molecular flexibility index (Phi) is 8.00. The molecule has 6 N–H and O–H groups in total. The molecule has 0 saturated carbocycles. The van der Waals surface area contributed by atoms with Crippen LogP contribution in [0.25, 0.3) is 27.4 Å². The highest BCUT2D eigenvalue weighted by atomic mass is 32.2. The van der Waals surface area contributed by atoms with Crippen molar-refractivity contribution in [2.24, 2.45) is 10.9 Å². The standard InChI is InChI=1S/C18H19N9O4S2.C2H4O2/c1-21-18(9-22-10-18)14-5-2-11(8-23-14)12-3-4-13(32(28,29)7-6-19)16(33(20,30)31)15(12)17-24-26-27-25-17;1-2(3)4/h2-5,8,22H,6-7,9-10,19H2,(H2,20,30,31)(H,24,25,26,27);1H3,(H,3,4)/p-1. The van der Waals surface area contributed by atoms with Crippen LogP contribution in [0.5, 0.6) is 0 Å². The Morgan fingerprint density at radius 1 is 1.22 bits per heavy atom. The van der Waals surface area contributed by atoms with Gasteiger partial charge in [0.2, 0.25) is 15.8 Å². The van der Waals surface area contributed by atoms with Gasteiger partial charge in [-0.05, 0) is 29.8 Å². The molecule has 3 heterocycles. The number of nitrogens with one attached hydrogen (secondary N) is 2. The molecule has 0 spiro atoms. The van der Waals surface area contributed by atoms with E-state index in [0.29, 0.717) is 24.3 Å². The van der Waals surface area contributed by atoms with Crippen LogP contribution in [0, 0.1) is 6.57 Å². The summed E-state index contributed by atoms with van der Waals surface area (Å²) in [5.74, 6) is -1.73. The van der Waals surface area contributed by atoms with E-state index in [1.54, 1.807) is 12.1 Å². The Morgan fingerprint density at radius 3 is 2.32 bits per heavy atom. The molecular formula is C20H22N9O6S2-. The number of aromatic nitrogens is 5. The number of carbonyl (C=O) groups excluding carboxylic acids is 1. The summed E-state index contributed by atoms with van der Waals surface area (Å²) in [7, 11) is -8.65. The van der Waals surface area contributed by atoms with Gasteiger partial charge >= 0.3 is 0 Å². The Bertz CT molecular complexity index is 1540. The zero-order chi connectivity index (χ0) is 27.4. The monoisotopic (exact) mass is 548 g/mol. The number of primary sulfonamides is 1. The maximum Gasteiger partial charge on any atom is 0.298 e. The Labute approximate surface area is 212 Å². The van der Waals surface area contributed by atoms with Crippen LogP contribution in [-0.4, -0.2) is 73.8 Å². The average molecular weight is 549 g/mol. The fourth-order valence-corrected chi connectivity index (χ4v) is 6.35. The molecule has 17 heteroatoms. The first kappa shape index (κ1) is 27.8. The minimum atomic E-state index is -4.56. The van der Waals surface area contributed by atoms with Gasteiger partial charge in [-0.3, -0.25) is 4.98 Å². The number of carboxylic acid groups (broad SMARTS) is 1. The summed E-state index contributed by atoms with van der Waals surface area (Å²) in [4.78, 5) is 15.8. The summed E-state index contributed by atoms with van der Waals surface area (Å²) < 4.78 is 50.8. The van der Waals surface area contributed by atoms with Crippen LogP contribution in [-0.2, 0) is 30.2 Å². The molecule has 1 aliphatic heterocycles. The molecule has 0 aliphatic carbocycles. The number of carboxylic acids is 1. The molecule has 0 radical (unpaired) electrons. The molecule has 0 bridgehead atoms. The lowest BCUT2D eigenvalue weighted by Crippen LogP contribution is -2.55. The van der Waals surface area contributed by atoms with Gasteiger partial charge in [0.15, 0.2) is 9.84 Å². The van der Waals surface area contributed by atoms with Crippen molar-refractivity contribution in [1.29, 1.82) is 0 Å². The highest BCUT2D eigenvalue weighted by Gasteiger charge is 2.47. The largest absolute Gasteiger partial charge is 0.550 e. The first-order valence-electron chi connectivity index (χ1n) is 10.5. The molecule has 1 aliphatic rings. The number of hydrogen-bond donors (Lipinski definition) is 4. The normalized spacial score (nSPS) is 14.5. The van der Waals surface area contributed by atoms with Gasteiger partial charge < -0.3 is 25.8 Å². The van der Waals surface area contributed by atoms with Gasteiger partial charge in [0, 0.05) is 24.3 Å². The van der Waals surface area contributed by atoms with Crippen molar-refractivity contribution in [2.75, 3.05) is 25.4 Å². The second-order valence-corrected chi connectivity index (χ2v) is 11.4. The van der Waals surface area contributed by atoms with Crippen molar-refractivity contribution in [3.05, 3.63) is 47.6 Å². The van der Waals surface area contributed by atoms with E-state index in [2.05, 4.69) is 35.8 Å². The number of sulfonamides is 1. The minimum Gasteiger partial charge on any atom is -0.550 e. The van der Waals surface area contributed by atoms with Gasteiger partial charge in [0.05, 0.1) is 29.3 Å². The molecule has 196 valence electrons. The maximum absolute atomic E-state index is 12.8. The lowest BCUT2D eigenvalue weighted by atomic mass is 9.88. The number of carbonyl (C=O) groups is 1. The van der Waals surface area contributed by atoms with Gasteiger partial charge in [0.1, 0.15) is 10.6 Å². The molecule has 3 aromatic rings. The summed E-state index contributed by atoms with van der Waals surface area (Å²) in [6, 6.07) is 5.92. The Morgan fingerprint density at radius 2 is 1.89 bits per heavy atom. The second-order valence-electron chi connectivity index (χ2n) is 7.87. The van der Waals surface area contributed by atoms with Crippen molar-refractivity contribution in [3.8, 4) is 22.5 Å². The van der Waals surface area contributed by atoms with Crippen molar-refractivity contribution >= 4 is 25.8 Å². The third-order valence-electron chi connectivity index (χ3n) is 5.30. The maximum atomic E-state index is 12.8. The van der Waals surface area contributed by atoms with E-state index < -0.39 is 46.9 Å². The van der Waals surface area contributed by atoms with Crippen LogP contribution in [0.15, 0.2) is 40.3 Å². The van der Waals surface area contributed by atoms with Gasteiger partial charge in [-0.25, -0.2) is 28.5 Å². The van der Waals surface area contributed by atoms with Crippen LogP contribution in [0.4, 0.5) is 0 Å². The van der Waals surface area contributed by atoms with E-state index in [4.69, 9.17) is 27.3 Å². The lowest BCUT2D eigenvalue weighted by molar-refractivity contribution is -0.302. The number of H-pyrrole nitrogens is 1. The lowest BCUT2D eigenvalue weighted by Gasteiger charge is -2.30. The molecule has 0 atom stereocenters. The van der Waals surface area contributed by atoms with Crippen molar-refractivity contribution < 1.29 is 26.7 Å². The zero-order valence-electron chi connectivity index (χ0n) is 19.4. The molecule has 0 amide bonds. The first-order valence-corrected chi connectivity index (χ1v) is 13.7. The van der Waals surface area contributed by atoms with Gasteiger partial charge in [0.25, 0.3) is 5.54 Å².